The number of benzene rings is 1. The third-order valence-electron chi connectivity index (χ3n) is 4.59. The fourth-order valence-electron chi connectivity index (χ4n) is 3.40. The summed E-state index contributed by atoms with van der Waals surface area (Å²) in [6.07, 6.45) is 4.06. The molecule has 1 saturated heterocycles. The first-order chi connectivity index (χ1) is 10.0. The maximum Gasteiger partial charge on any atom is 0.243 e. The minimum atomic E-state index is -3.51. The Labute approximate surface area is 126 Å². The Balaban J connectivity index is 1.98. The van der Waals surface area contributed by atoms with Crippen LogP contribution >= 0.6 is 0 Å². The fraction of sp³-hybridized carbons (Fsp3) is 0.600. The summed E-state index contributed by atoms with van der Waals surface area (Å²) in [4.78, 5) is 0.328. The molecule has 2 fully saturated rings. The SMILES string of the molecule is Cc1c(N)cccc1S(=O)(=O)N1CCOC2CCCCC21. The van der Waals surface area contributed by atoms with Gasteiger partial charge in [-0.2, -0.15) is 4.31 Å². The van der Waals surface area contributed by atoms with E-state index in [0.29, 0.717) is 29.3 Å². The largest absolute Gasteiger partial charge is 0.398 e. The lowest BCUT2D eigenvalue weighted by molar-refractivity contribution is -0.0586. The molecule has 2 atom stereocenters. The molecule has 0 amide bonds. The number of morpholine rings is 1. The number of hydrogen-bond donors (Lipinski definition) is 1. The molecule has 6 heteroatoms. The molecule has 1 aromatic rings. The van der Waals surface area contributed by atoms with E-state index in [1.54, 1.807) is 29.4 Å². The smallest absolute Gasteiger partial charge is 0.243 e. The summed E-state index contributed by atoms with van der Waals surface area (Å²) in [5, 5.41) is 0. The predicted octanol–water partition coefficient (Wildman–Crippen LogP) is 1.91. The average molecular weight is 310 g/mol. The van der Waals surface area contributed by atoms with Gasteiger partial charge >= 0.3 is 0 Å². The molecular formula is C15H22N2O3S. The number of hydrogen-bond acceptors (Lipinski definition) is 4. The maximum absolute atomic E-state index is 13.0. The first-order valence-corrected chi connectivity index (χ1v) is 8.94. The molecule has 0 aromatic heterocycles. The number of anilines is 1. The molecule has 5 nitrogen and oxygen atoms in total. The topological polar surface area (TPSA) is 72.6 Å². The van der Waals surface area contributed by atoms with Crippen LogP contribution in [0, 0.1) is 6.92 Å². The molecule has 2 unspecified atom stereocenters. The van der Waals surface area contributed by atoms with E-state index in [-0.39, 0.29) is 12.1 Å². The summed E-state index contributed by atoms with van der Waals surface area (Å²) in [5.74, 6) is 0. The Morgan fingerprint density at radius 2 is 2.05 bits per heavy atom. The van der Waals surface area contributed by atoms with Crippen molar-refractivity contribution in [2.45, 2.75) is 49.6 Å². The van der Waals surface area contributed by atoms with E-state index in [4.69, 9.17) is 10.5 Å². The highest BCUT2D eigenvalue weighted by molar-refractivity contribution is 7.89. The Morgan fingerprint density at radius 3 is 2.86 bits per heavy atom. The van der Waals surface area contributed by atoms with E-state index in [0.717, 1.165) is 25.7 Å². The van der Waals surface area contributed by atoms with Crippen LogP contribution in [0.1, 0.15) is 31.2 Å². The van der Waals surface area contributed by atoms with Crippen LogP contribution in [0.15, 0.2) is 23.1 Å². The molecule has 0 spiro atoms. The van der Waals surface area contributed by atoms with Crippen LogP contribution in [0.2, 0.25) is 0 Å². The quantitative estimate of drug-likeness (QED) is 0.847. The lowest BCUT2D eigenvalue weighted by Crippen LogP contribution is -2.54. The van der Waals surface area contributed by atoms with Gasteiger partial charge in [-0.1, -0.05) is 18.9 Å². The van der Waals surface area contributed by atoms with Gasteiger partial charge in [0.2, 0.25) is 10.0 Å². The molecule has 0 radical (unpaired) electrons. The Kier molecular flexibility index (Phi) is 3.94. The standard InChI is InChI=1S/C15H22N2O3S/c1-11-12(16)5-4-8-15(11)21(18,19)17-9-10-20-14-7-3-2-6-13(14)17/h4-5,8,13-14H,2-3,6-7,9-10,16H2,1H3. The zero-order valence-corrected chi connectivity index (χ0v) is 13.1. The van der Waals surface area contributed by atoms with Gasteiger partial charge in [0.15, 0.2) is 0 Å². The number of nitrogens with zero attached hydrogens (tertiary/aromatic N) is 1. The molecule has 1 heterocycles. The van der Waals surface area contributed by atoms with E-state index in [1.807, 2.05) is 0 Å². The van der Waals surface area contributed by atoms with Crippen LogP contribution in [0.25, 0.3) is 0 Å². The summed E-state index contributed by atoms with van der Waals surface area (Å²) in [6, 6.07) is 5.05. The number of rotatable bonds is 2. The summed E-state index contributed by atoms with van der Waals surface area (Å²) in [6.45, 7) is 2.67. The molecule has 3 rings (SSSR count). The molecule has 1 aromatic carbocycles. The second kappa shape index (κ2) is 5.59. The zero-order chi connectivity index (χ0) is 15.0. The monoisotopic (exact) mass is 310 g/mol. The third kappa shape index (κ3) is 2.56. The van der Waals surface area contributed by atoms with Gasteiger partial charge in [0, 0.05) is 12.2 Å². The fourth-order valence-corrected chi connectivity index (χ4v) is 5.32. The van der Waals surface area contributed by atoms with Crippen LogP contribution in [0.4, 0.5) is 5.69 Å². The Morgan fingerprint density at radius 1 is 1.29 bits per heavy atom. The van der Waals surface area contributed by atoms with Gasteiger partial charge in [0.25, 0.3) is 0 Å². The normalized spacial score (nSPS) is 27.3. The van der Waals surface area contributed by atoms with Crippen molar-refractivity contribution in [2.24, 2.45) is 0 Å². The molecule has 1 aliphatic heterocycles. The van der Waals surface area contributed by atoms with Crippen LogP contribution in [0.3, 0.4) is 0 Å². The summed E-state index contributed by atoms with van der Waals surface area (Å²) in [5.41, 5.74) is 7.02. The highest BCUT2D eigenvalue weighted by Gasteiger charge is 2.41. The van der Waals surface area contributed by atoms with Crippen molar-refractivity contribution in [1.82, 2.24) is 4.31 Å². The second-order valence-corrected chi connectivity index (χ2v) is 7.71. The number of sulfonamides is 1. The van der Waals surface area contributed by atoms with Gasteiger partial charge < -0.3 is 10.5 Å². The lowest BCUT2D eigenvalue weighted by Gasteiger charge is -2.42. The van der Waals surface area contributed by atoms with E-state index in [1.165, 1.54) is 0 Å². The molecule has 0 bridgehead atoms. The predicted molar refractivity (Wildman–Crippen MR) is 81.5 cm³/mol. The van der Waals surface area contributed by atoms with Gasteiger partial charge in [-0.15, -0.1) is 0 Å². The van der Waals surface area contributed by atoms with Crippen molar-refractivity contribution in [3.05, 3.63) is 23.8 Å². The minimum Gasteiger partial charge on any atom is -0.398 e. The average Bonchev–Trinajstić information content (AvgIpc) is 2.49. The third-order valence-corrected chi connectivity index (χ3v) is 6.66. The van der Waals surface area contributed by atoms with Crippen LogP contribution < -0.4 is 5.73 Å². The van der Waals surface area contributed by atoms with Crippen molar-refractivity contribution >= 4 is 15.7 Å². The van der Waals surface area contributed by atoms with E-state index < -0.39 is 10.0 Å². The minimum absolute atomic E-state index is 0.0293. The maximum atomic E-state index is 13.0. The molecule has 2 aliphatic rings. The lowest BCUT2D eigenvalue weighted by atomic mass is 9.91. The molecule has 21 heavy (non-hydrogen) atoms. The first-order valence-electron chi connectivity index (χ1n) is 7.50. The number of nitrogens with two attached hydrogens (primary N) is 1. The van der Waals surface area contributed by atoms with E-state index in [9.17, 15) is 8.42 Å². The van der Waals surface area contributed by atoms with Crippen molar-refractivity contribution in [3.8, 4) is 0 Å². The van der Waals surface area contributed by atoms with Gasteiger partial charge in [-0.05, 0) is 37.5 Å². The van der Waals surface area contributed by atoms with Crippen LogP contribution in [-0.4, -0.2) is 38.0 Å². The molecular weight excluding hydrogens is 288 g/mol. The van der Waals surface area contributed by atoms with Gasteiger partial charge in [-0.25, -0.2) is 8.42 Å². The van der Waals surface area contributed by atoms with Crippen molar-refractivity contribution in [3.63, 3.8) is 0 Å². The van der Waals surface area contributed by atoms with Crippen molar-refractivity contribution in [1.29, 1.82) is 0 Å². The number of nitrogen functional groups attached to an aromatic ring is 1. The van der Waals surface area contributed by atoms with Crippen LogP contribution in [-0.2, 0) is 14.8 Å². The zero-order valence-electron chi connectivity index (χ0n) is 12.3. The van der Waals surface area contributed by atoms with E-state index in [2.05, 4.69) is 0 Å². The van der Waals surface area contributed by atoms with Crippen molar-refractivity contribution in [2.75, 3.05) is 18.9 Å². The van der Waals surface area contributed by atoms with Gasteiger partial charge in [0.05, 0.1) is 23.6 Å². The van der Waals surface area contributed by atoms with Crippen LogP contribution in [0.5, 0.6) is 0 Å². The number of fused-ring (bicyclic) bond motifs is 1. The molecule has 116 valence electrons. The highest BCUT2D eigenvalue weighted by atomic mass is 32.2. The summed E-state index contributed by atoms with van der Waals surface area (Å²) >= 11 is 0. The summed E-state index contributed by atoms with van der Waals surface area (Å²) < 4.78 is 33.5. The Bertz CT molecular complexity index is 628. The summed E-state index contributed by atoms with van der Waals surface area (Å²) in [7, 11) is -3.51. The second-order valence-electron chi connectivity index (χ2n) is 5.85. The molecule has 1 saturated carbocycles. The van der Waals surface area contributed by atoms with E-state index >= 15 is 0 Å². The first kappa shape index (κ1) is 14.8. The van der Waals surface area contributed by atoms with Gasteiger partial charge in [-0.3, -0.25) is 0 Å². The highest BCUT2D eigenvalue weighted by Crippen LogP contribution is 2.33. The Hall–Kier alpha value is -1.11. The number of ether oxygens (including phenoxy) is 1. The van der Waals surface area contributed by atoms with Crippen molar-refractivity contribution < 1.29 is 13.2 Å². The van der Waals surface area contributed by atoms with Gasteiger partial charge in [0.1, 0.15) is 0 Å². The molecule has 1 aliphatic carbocycles. The molecule has 2 N–H and O–H groups in total.